The minimum atomic E-state index is -0.488. The molecular formula is C13H17N3O4S. The molecular weight excluding hydrogens is 294 g/mol. The van der Waals surface area contributed by atoms with Crippen molar-refractivity contribution in [2.24, 2.45) is 7.05 Å². The lowest BCUT2D eigenvalue weighted by molar-refractivity contribution is -0.121. The van der Waals surface area contributed by atoms with Gasteiger partial charge < -0.3 is 10.1 Å². The summed E-state index contributed by atoms with van der Waals surface area (Å²) in [7, 11) is 3.01. The van der Waals surface area contributed by atoms with E-state index in [1.807, 2.05) is 0 Å². The first-order chi connectivity index (χ1) is 10.1. The van der Waals surface area contributed by atoms with E-state index in [0.717, 1.165) is 4.57 Å². The van der Waals surface area contributed by atoms with Gasteiger partial charge in [0.05, 0.1) is 5.52 Å². The highest BCUT2D eigenvalue weighted by atomic mass is 32.1. The van der Waals surface area contributed by atoms with Crippen LogP contribution < -0.4 is 16.6 Å². The number of rotatable bonds is 6. The molecule has 0 saturated heterocycles. The molecule has 0 radical (unpaired) electrons. The lowest BCUT2D eigenvalue weighted by atomic mass is 10.4. The fourth-order valence-electron chi connectivity index (χ4n) is 2.00. The van der Waals surface area contributed by atoms with Crippen LogP contribution in [0.5, 0.6) is 0 Å². The maximum Gasteiger partial charge on any atom is 0.331 e. The van der Waals surface area contributed by atoms with Gasteiger partial charge in [-0.05, 0) is 17.9 Å². The zero-order valence-corrected chi connectivity index (χ0v) is 12.7. The fourth-order valence-corrected chi connectivity index (χ4v) is 2.86. The molecule has 8 heteroatoms. The monoisotopic (exact) mass is 311 g/mol. The standard InChI is InChI=1S/C13H17N3O4S/c1-15-12(18)11-9(4-7-21-11)16(13(15)19)8-10(17)14-5-3-6-20-2/h4,7H,3,5-6,8H2,1-2H3,(H,14,17). The van der Waals surface area contributed by atoms with Crippen LogP contribution in [0.15, 0.2) is 21.0 Å². The number of amides is 1. The van der Waals surface area contributed by atoms with E-state index < -0.39 is 5.69 Å². The SMILES string of the molecule is COCCCNC(=O)Cn1c(=O)n(C)c(=O)c2sccc21. The van der Waals surface area contributed by atoms with Crippen molar-refractivity contribution in [2.75, 3.05) is 20.3 Å². The summed E-state index contributed by atoms with van der Waals surface area (Å²) in [5.74, 6) is -0.264. The zero-order valence-electron chi connectivity index (χ0n) is 11.9. The zero-order chi connectivity index (χ0) is 15.4. The smallest absolute Gasteiger partial charge is 0.331 e. The summed E-state index contributed by atoms with van der Waals surface area (Å²) < 4.78 is 7.71. The number of carbonyl (C=O) groups excluding carboxylic acids is 1. The van der Waals surface area contributed by atoms with E-state index in [-0.39, 0.29) is 18.0 Å². The van der Waals surface area contributed by atoms with Gasteiger partial charge in [-0.3, -0.25) is 18.7 Å². The third-order valence-corrected chi connectivity index (χ3v) is 3.99. The van der Waals surface area contributed by atoms with E-state index in [1.54, 1.807) is 18.6 Å². The molecule has 0 aromatic carbocycles. The summed E-state index contributed by atoms with van der Waals surface area (Å²) in [5, 5.41) is 4.46. The minimum Gasteiger partial charge on any atom is -0.385 e. The Morgan fingerprint density at radius 1 is 1.43 bits per heavy atom. The molecule has 2 heterocycles. The average molecular weight is 311 g/mol. The lowest BCUT2D eigenvalue weighted by Crippen LogP contribution is -2.41. The van der Waals surface area contributed by atoms with Crippen LogP contribution in [0.3, 0.4) is 0 Å². The molecule has 2 aromatic rings. The quantitative estimate of drug-likeness (QED) is 0.756. The summed E-state index contributed by atoms with van der Waals surface area (Å²) in [6.07, 6.45) is 0.707. The normalized spacial score (nSPS) is 11.0. The maximum atomic E-state index is 12.1. The number of hydrogen-bond acceptors (Lipinski definition) is 5. The Kier molecular flexibility index (Phi) is 4.92. The minimum absolute atomic E-state index is 0.104. The number of nitrogens with one attached hydrogen (secondary N) is 1. The Morgan fingerprint density at radius 2 is 2.19 bits per heavy atom. The van der Waals surface area contributed by atoms with Gasteiger partial charge in [0.1, 0.15) is 11.2 Å². The topological polar surface area (TPSA) is 82.3 Å². The second-order valence-electron chi connectivity index (χ2n) is 4.56. The molecule has 2 aromatic heterocycles. The number of fused-ring (bicyclic) bond motifs is 1. The van der Waals surface area contributed by atoms with Crippen LogP contribution in [-0.2, 0) is 23.1 Å². The number of aromatic nitrogens is 2. The predicted octanol–water partition coefficient (Wildman–Crippen LogP) is -0.0856. The average Bonchev–Trinajstić information content (AvgIpc) is 2.95. The van der Waals surface area contributed by atoms with Gasteiger partial charge >= 0.3 is 5.69 Å². The summed E-state index contributed by atoms with van der Waals surface area (Å²) in [4.78, 5) is 36.0. The Labute approximate surface area is 124 Å². The van der Waals surface area contributed by atoms with Crippen molar-refractivity contribution < 1.29 is 9.53 Å². The van der Waals surface area contributed by atoms with Gasteiger partial charge in [0.2, 0.25) is 5.91 Å². The van der Waals surface area contributed by atoms with E-state index in [2.05, 4.69) is 5.32 Å². The molecule has 0 aliphatic heterocycles. The van der Waals surface area contributed by atoms with Crippen LogP contribution in [0.1, 0.15) is 6.42 Å². The van der Waals surface area contributed by atoms with Crippen LogP contribution in [0.2, 0.25) is 0 Å². The third kappa shape index (κ3) is 3.22. The fraction of sp³-hybridized carbons (Fsp3) is 0.462. The lowest BCUT2D eigenvalue weighted by Gasteiger charge is -2.10. The van der Waals surface area contributed by atoms with Gasteiger partial charge in [-0.2, -0.15) is 0 Å². The third-order valence-electron chi connectivity index (χ3n) is 3.10. The van der Waals surface area contributed by atoms with E-state index in [4.69, 9.17) is 4.74 Å². The first-order valence-electron chi connectivity index (χ1n) is 6.49. The van der Waals surface area contributed by atoms with Gasteiger partial charge in [0.25, 0.3) is 5.56 Å². The molecule has 0 aliphatic carbocycles. The van der Waals surface area contributed by atoms with Crippen molar-refractivity contribution in [3.05, 3.63) is 32.3 Å². The van der Waals surface area contributed by atoms with E-state index >= 15 is 0 Å². The Hall–Kier alpha value is -1.93. The molecule has 0 saturated carbocycles. The van der Waals surface area contributed by atoms with Crippen molar-refractivity contribution >= 4 is 27.5 Å². The van der Waals surface area contributed by atoms with Gasteiger partial charge in [-0.1, -0.05) is 0 Å². The van der Waals surface area contributed by atoms with Crippen molar-refractivity contribution in [1.29, 1.82) is 0 Å². The molecule has 0 unspecified atom stereocenters. The molecule has 0 atom stereocenters. The van der Waals surface area contributed by atoms with E-state index in [0.29, 0.717) is 29.8 Å². The number of ether oxygens (including phenoxy) is 1. The first-order valence-corrected chi connectivity index (χ1v) is 7.37. The Balaban J connectivity index is 2.23. The molecule has 2 rings (SSSR count). The van der Waals surface area contributed by atoms with Crippen molar-refractivity contribution in [2.45, 2.75) is 13.0 Å². The van der Waals surface area contributed by atoms with Crippen LogP contribution >= 0.6 is 11.3 Å². The van der Waals surface area contributed by atoms with Crippen molar-refractivity contribution in [1.82, 2.24) is 14.5 Å². The van der Waals surface area contributed by atoms with Gasteiger partial charge in [0.15, 0.2) is 0 Å². The largest absolute Gasteiger partial charge is 0.385 e. The number of nitrogens with zero attached hydrogens (tertiary/aromatic N) is 2. The van der Waals surface area contributed by atoms with Gasteiger partial charge in [0, 0.05) is 27.3 Å². The van der Waals surface area contributed by atoms with Gasteiger partial charge in [-0.25, -0.2) is 4.79 Å². The number of carbonyl (C=O) groups is 1. The number of hydrogen-bond donors (Lipinski definition) is 1. The molecule has 7 nitrogen and oxygen atoms in total. The van der Waals surface area contributed by atoms with Crippen LogP contribution in [0.4, 0.5) is 0 Å². The number of methoxy groups -OCH3 is 1. The molecule has 1 amide bonds. The summed E-state index contributed by atoms with van der Waals surface area (Å²) in [6.45, 7) is 0.946. The van der Waals surface area contributed by atoms with Crippen molar-refractivity contribution in [3.8, 4) is 0 Å². The van der Waals surface area contributed by atoms with Gasteiger partial charge in [-0.15, -0.1) is 11.3 Å². The summed E-state index contributed by atoms with van der Waals surface area (Å²) >= 11 is 1.26. The highest BCUT2D eigenvalue weighted by Gasteiger charge is 2.14. The maximum absolute atomic E-state index is 12.1. The molecule has 0 aliphatic rings. The van der Waals surface area contributed by atoms with E-state index in [9.17, 15) is 14.4 Å². The molecule has 21 heavy (non-hydrogen) atoms. The molecule has 0 fully saturated rings. The molecule has 114 valence electrons. The summed E-state index contributed by atoms with van der Waals surface area (Å²) in [5.41, 5.74) is -0.320. The Bertz CT molecular complexity index is 759. The van der Waals surface area contributed by atoms with E-state index in [1.165, 1.54) is 23.0 Å². The molecule has 0 bridgehead atoms. The second kappa shape index (κ2) is 6.68. The van der Waals surface area contributed by atoms with Crippen LogP contribution in [0.25, 0.3) is 10.2 Å². The summed E-state index contributed by atoms with van der Waals surface area (Å²) in [6, 6.07) is 1.68. The van der Waals surface area contributed by atoms with Crippen molar-refractivity contribution in [3.63, 3.8) is 0 Å². The number of thiophene rings is 1. The van der Waals surface area contributed by atoms with Crippen LogP contribution in [-0.4, -0.2) is 35.3 Å². The second-order valence-corrected chi connectivity index (χ2v) is 5.48. The first kappa shape index (κ1) is 15.5. The Morgan fingerprint density at radius 3 is 2.90 bits per heavy atom. The highest BCUT2D eigenvalue weighted by Crippen LogP contribution is 2.14. The van der Waals surface area contributed by atoms with Crippen LogP contribution in [0, 0.1) is 0 Å². The highest BCUT2D eigenvalue weighted by molar-refractivity contribution is 7.17. The molecule has 1 N–H and O–H groups in total. The molecule has 0 spiro atoms. The predicted molar refractivity (Wildman–Crippen MR) is 80.8 cm³/mol.